The van der Waals surface area contributed by atoms with Crippen molar-refractivity contribution in [3.63, 3.8) is 0 Å². The Labute approximate surface area is 63.8 Å². The van der Waals surface area contributed by atoms with E-state index in [-0.39, 0.29) is 5.78 Å². The minimum atomic E-state index is 0.288. The van der Waals surface area contributed by atoms with E-state index < -0.39 is 0 Å². The van der Waals surface area contributed by atoms with E-state index in [2.05, 4.69) is 6.92 Å². The van der Waals surface area contributed by atoms with Crippen LogP contribution >= 0.6 is 0 Å². The summed E-state index contributed by atoms with van der Waals surface area (Å²) in [5.41, 5.74) is 0. The second-order valence-corrected chi connectivity index (χ2v) is 2.57. The molecule has 0 N–H and O–H groups in total. The molecule has 1 nitrogen and oxygen atoms in total. The highest BCUT2D eigenvalue weighted by molar-refractivity contribution is 5.86. The number of carbonyl (C=O) groups is 1. The van der Waals surface area contributed by atoms with Gasteiger partial charge in [-0.1, -0.05) is 33.1 Å². The summed E-state index contributed by atoms with van der Waals surface area (Å²) in [6, 6.07) is 0. The maximum atomic E-state index is 10.7. The van der Waals surface area contributed by atoms with E-state index in [9.17, 15) is 4.79 Å². The van der Waals surface area contributed by atoms with Crippen LogP contribution in [0, 0.1) is 6.42 Å². The Morgan fingerprint density at radius 1 is 1.30 bits per heavy atom. The summed E-state index contributed by atoms with van der Waals surface area (Å²) >= 11 is 0. The molecular weight excluding hydrogens is 124 g/mol. The van der Waals surface area contributed by atoms with Crippen molar-refractivity contribution >= 4 is 5.78 Å². The number of rotatable bonds is 6. The normalized spacial score (nSPS) is 9.80. The van der Waals surface area contributed by atoms with Gasteiger partial charge in [-0.25, -0.2) is 0 Å². The predicted octanol–water partition coefficient (Wildman–Crippen LogP) is 2.75. The van der Waals surface area contributed by atoms with E-state index in [0.717, 1.165) is 12.8 Å². The second kappa shape index (κ2) is 6.79. The molecule has 0 aromatic heterocycles. The first-order valence-electron chi connectivity index (χ1n) is 4.13. The van der Waals surface area contributed by atoms with Gasteiger partial charge in [0.2, 0.25) is 0 Å². The van der Waals surface area contributed by atoms with E-state index in [4.69, 9.17) is 0 Å². The summed E-state index contributed by atoms with van der Waals surface area (Å²) in [6.07, 6.45) is 7.18. The van der Waals surface area contributed by atoms with E-state index in [0.29, 0.717) is 0 Å². The van der Waals surface area contributed by atoms with Gasteiger partial charge in [0.25, 0.3) is 0 Å². The summed E-state index contributed by atoms with van der Waals surface area (Å²) in [7, 11) is 0. The number of hydrogen-bond donors (Lipinski definition) is 0. The van der Waals surface area contributed by atoms with Gasteiger partial charge in [0.05, 0.1) is 0 Å². The van der Waals surface area contributed by atoms with Crippen molar-refractivity contribution in [2.45, 2.75) is 46.0 Å². The van der Waals surface area contributed by atoms with Crippen LogP contribution in [0.5, 0.6) is 0 Å². The van der Waals surface area contributed by atoms with Crippen molar-refractivity contribution in [3.05, 3.63) is 6.42 Å². The lowest BCUT2D eigenvalue weighted by Gasteiger charge is -1.95. The van der Waals surface area contributed by atoms with Gasteiger partial charge in [0, 0.05) is 12.8 Å². The number of unbranched alkanes of at least 4 members (excludes halogenated alkanes) is 3. The van der Waals surface area contributed by atoms with Crippen LogP contribution < -0.4 is 0 Å². The number of hydrogen-bond acceptors (Lipinski definition) is 1. The monoisotopic (exact) mass is 141 g/mol. The zero-order chi connectivity index (χ0) is 7.82. The molecule has 1 heteroatoms. The summed E-state index contributed by atoms with van der Waals surface area (Å²) in [6.45, 7) is 3.98. The molecule has 0 saturated heterocycles. The van der Waals surface area contributed by atoms with Gasteiger partial charge in [0.15, 0.2) is 0 Å². The van der Waals surface area contributed by atoms with Crippen molar-refractivity contribution < 1.29 is 4.79 Å². The summed E-state index contributed by atoms with van der Waals surface area (Å²) in [5, 5.41) is 0. The van der Waals surface area contributed by atoms with Gasteiger partial charge in [0.1, 0.15) is 5.78 Å². The highest BCUT2D eigenvalue weighted by Crippen LogP contribution is 2.03. The molecule has 0 unspecified atom stereocenters. The summed E-state index contributed by atoms with van der Waals surface area (Å²) < 4.78 is 0. The highest BCUT2D eigenvalue weighted by atomic mass is 16.1. The van der Waals surface area contributed by atoms with E-state index in [1.165, 1.54) is 19.3 Å². The zero-order valence-electron chi connectivity index (χ0n) is 7.02. The van der Waals surface area contributed by atoms with Crippen LogP contribution in [0.4, 0.5) is 0 Å². The topological polar surface area (TPSA) is 17.1 Å². The standard InChI is InChI=1S/C9H17O/c1-3-5-6-7-8-9(10)4-2/h4H,3,5-8H2,1-2H3. The van der Waals surface area contributed by atoms with Crippen molar-refractivity contribution in [1.29, 1.82) is 0 Å². The molecule has 0 aromatic rings. The molecule has 1 radical (unpaired) electrons. The fourth-order valence-electron chi connectivity index (χ4n) is 0.870. The molecule has 0 heterocycles. The number of carbonyl (C=O) groups excluding carboxylic acids is 1. The molecule has 0 rings (SSSR count). The van der Waals surface area contributed by atoms with Crippen molar-refractivity contribution in [2.24, 2.45) is 0 Å². The molecule has 0 spiro atoms. The smallest absolute Gasteiger partial charge is 0.136 e. The molecule has 10 heavy (non-hydrogen) atoms. The molecule has 0 aliphatic rings. The quantitative estimate of drug-likeness (QED) is 0.520. The molecule has 0 saturated carbocycles. The van der Waals surface area contributed by atoms with E-state index in [1.807, 2.05) is 6.92 Å². The van der Waals surface area contributed by atoms with Crippen LogP contribution in [0.3, 0.4) is 0 Å². The van der Waals surface area contributed by atoms with Crippen LogP contribution in [0.25, 0.3) is 0 Å². The maximum absolute atomic E-state index is 10.7. The molecule has 59 valence electrons. The van der Waals surface area contributed by atoms with Crippen LogP contribution in [-0.4, -0.2) is 5.78 Å². The molecule has 0 amide bonds. The lowest BCUT2D eigenvalue weighted by molar-refractivity contribution is -0.115. The predicted molar refractivity (Wildman–Crippen MR) is 43.7 cm³/mol. The fourth-order valence-corrected chi connectivity index (χ4v) is 0.870. The summed E-state index contributed by atoms with van der Waals surface area (Å²) in [4.78, 5) is 10.7. The lowest BCUT2D eigenvalue weighted by Crippen LogP contribution is -1.94. The Morgan fingerprint density at radius 2 is 2.00 bits per heavy atom. The molecule has 0 bridgehead atoms. The van der Waals surface area contributed by atoms with Gasteiger partial charge in [-0.2, -0.15) is 0 Å². The van der Waals surface area contributed by atoms with Gasteiger partial charge < -0.3 is 0 Å². The largest absolute Gasteiger partial charge is 0.299 e. The summed E-state index contributed by atoms with van der Waals surface area (Å²) in [5.74, 6) is 0.288. The lowest BCUT2D eigenvalue weighted by atomic mass is 10.1. The maximum Gasteiger partial charge on any atom is 0.136 e. The van der Waals surface area contributed by atoms with E-state index >= 15 is 0 Å². The molecule has 0 aromatic carbocycles. The Morgan fingerprint density at radius 3 is 2.50 bits per heavy atom. The van der Waals surface area contributed by atoms with E-state index in [1.54, 1.807) is 6.42 Å². The fraction of sp³-hybridized carbons (Fsp3) is 0.778. The first-order chi connectivity index (χ1) is 4.81. The Kier molecular flexibility index (Phi) is 6.56. The van der Waals surface area contributed by atoms with Crippen molar-refractivity contribution in [3.8, 4) is 0 Å². The Hall–Kier alpha value is -0.330. The molecule has 0 atom stereocenters. The van der Waals surface area contributed by atoms with Crippen LogP contribution in [0.1, 0.15) is 46.0 Å². The minimum absolute atomic E-state index is 0.288. The average molecular weight is 141 g/mol. The number of Topliss-reactive ketones (excluding diaryl/α,β-unsaturated/α-hetero) is 1. The minimum Gasteiger partial charge on any atom is -0.299 e. The molecule has 0 aliphatic heterocycles. The average Bonchev–Trinajstić information content (AvgIpc) is 1.98. The van der Waals surface area contributed by atoms with Gasteiger partial charge in [-0.05, 0) is 6.42 Å². The molecular formula is C9H17O. The van der Waals surface area contributed by atoms with Crippen LogP contribution in [-0.2, 0) is 4.79 Å². The Balaban J connectivity index is 2.96. The number of ketones is 1. The third-order valence-electron chi connectivity index (χ3n) is 1.60. The second-order valence-electron chi connectivity index (χ2n) is 2.57. The van der Waals surface area contributed by atoms with Crippen LogP contribution in [0.2, 0.25) is 0 Å². The zero-order valence-corrected chi connectivity index (χ0v) is 7.02. The van der Waals surface area contributed by atoms with Crippen molar-refractivity contribution in [2.75, 3.05) is 0 Å². The van der Waals surface area contributed by atoms with Gasteiger partial charge in [-0.3, -0.25) is 4.79 Å². The van der Waals surface area contributed by atoms with Crippen LogP contribution in [0.15, 0.2) is 0 Å². The first-order valence-corrected chi connectivity index (χ1v) is 4.13. The molecule has 0 fully saturated rings. The third kappa shape index (κ3) is 5.80. The Bertz CT molecular complexity index is 86.7. The van der Waals surface area contributed by atoms with Gasteiger partial charge >= 0.3 is 0 Å². The molecule has 0 aliphatic carbocycles. The van der Waals surface area contributed by atoms with Gasteiger partial charge in [-0.15, -0.1) is 0 Å². The SMILES string of the molecule is C[CH]C(=O)CCCCCC. The highest BCUT2D eigenvalue weighted by Gasteiger charge is 1.96. The van der Waals surface area contributed by atoms with Crippen molar-refractivity contribution in [1.82, 2.24) is 0 Å². The third-order valence-corrected chi connectivity index (χ3v) is 1.60. The first kappa shape index (κ1) is 9.67.